The first-order valence-corrected chi connectivity index (χ1v) is 9.86. The molecule has 0 amide bonds. The van der Waals surface area contributed by atoms with Crippen LogP contribution in [0, 0.1) is 0 Å². The Balaban J connectivity index is 1.40. The normalized spacial score (nSPS) is 11.8. The van der Waals surface area contributed by atoms with Gasteiger partial charge in [0.2, 0.25) is 0 Å². The zero-order valence-electron chi connectivity index (χ0n) is 17.1. The molecule has 0 aliphatic heterocycles. The van der Waals surface area contributed by atoms with Crippen LogP contribution >= 0.6 is 0 Å². The number of ether oxygens (including phenoxy) is 1. The predicted octanol–water partition coefficient (Wildman–Crippen LogP) is 4.84. The van der Waals surface area contributed by atoms with E-state index in [-0.39, 0.29) is 6.42 Å². The average Bonchev–Trinajstić information content (AvgIpc) is 3.30. The van der Waals surface area contributed by atoms with Crippen LogP contribution in [0.1, 0.15) is 16.8 Å². The molecule has 0 aliphatic rings. The molecule has 9 heteroatoms. The number of halogens is 3. The molecule has 0 saturated carbocycles. The number of carboxylic acids is 1. The van der Waals surface area contributed by atoms with Gasteiger partial charge < -0.3 is 14.8 Å². The number of rotatable bonds is 7. The molecule has 0 spiro atoms. The first-order valence-electron chi connectivity index (χ1n) is 9.86. The number of nitrogens with zero attached hydrogens (tertiary/aromatic N) is 2. The molecule has 0 saturated heterocycles. The lowest BCUT2D eigenvalue weighted by Gasteiger charge is -2.07. The SMILES string of the molecule is Cn1nc(-c2ccc(C(F)(F)F)cc2)cc1CCOc1ccc2c(CC(=O)O)c[nH]c2c1. The van der Waals surface area contributed by atoms with Crippen LogP contribution in [0.2, 0.25) is 0 Å². The number of aryl methyl sites for hydroxylation is 1. The summed E-state index contributed by atoms with van der Waals surface area (Å²) in [5, 5.41) is 14.2. The van der Waals surface area contributed by atoms with E-state index in [4.69, 9.17) is 9.84 Å². The molecular formula is C23H20F3N3O3. The maximum Gasteiger partial charge on any atom is 0.416 e. The average molecular weight is 443 g/mol. The Bertz CT molecular complexity index is 1260. The van der Waals surface area contributed by atoms with Crippen LogP contribution in [0.25, 0.3) is 22.2 Å². The van der Waals surface area contributed by atoms with Crippen molar-refractivity contribution in [1.82, 2.24) is 14.8 Å². The second kappa shape index (κ2) is 8.41. The molecule has 0 atom stereocenters. The Hall–Kier alpha value is -3.75. The Labute approximate surface area is 181 Å². The minimum Gasteiger partial charge on any atom is -0.493 e. The lowest BCUT2D eigenvalue weighted by Crippen LogP contribution is -2.06. The largest absolute Gasteiger partial charge is 0.493 e. The van der Waals surface area contributed by atoms with Crippen LogP contribution in [-0.4, -0.2) is 32.4 Å². The number of benzene rings is 2. The number of H-pyrrole nitrogens is 1. The van der Waals surface area contributed by atoms with E-state index in [0.29, 0.717) is 35.6 Å². The molecule has 4 rings (SSSR count). The van der Waals surface area contributed by atoms with E-state index in [2.05, 4.69) is 10.1 Å². The molecule has 2 N–H and O–H groups in total. The topological polar surface area (TPSA) is 80.1 Å². The van der Waals surface area contributed by atoms with E-state index in [0.717, 1.165) is 28.7 Å². The monoisotopic (exact) mass is 443 g/mol. The van der Waals surface area contributed by atoms with Crippen molar-refractivity contribution in [3.8, 4) is 17.0 Å². The highest BCUT2D eigenvalue weighted by Crippen LogP contribution is 2.31. The third-order valence-corrected chi connectivity index (χ3v) is 5.19. The Morgan fingerprint density at radius 3 is 2.59 bits per heavy atom. The summed E-state index contributed by atoms with van der Waals surface area (Å²) in [7, 11) is 1.78. The lowest BCUT2D eigenvalue weighted by molar-refractivity contribution is -0.138. The van der Waals surface area contributed by atoms with Crippen LogP contribution in [0.5, 0.6) is 5.75 Å². The van der Waals surface area contributed by atoms with Crippen molar-refractivity contribution < 1.29 is 27.8 Å². The number of alkyl halides is 3. The zero-order valence-corrected chi connectivity index (χ0v) is 17.1. The highest BCUT2D eigenvalue weighted by atomic mass is 19.4. The van der Waals surface area contributed by atoms with Gasteiger partial charge in [0.25, 0.3) is 0 Å². The van der Waals surface area contributed by atoms with Crippen LogP contribution < -0.4 is 4.74 Å². The van der Waals surface area contributed by atoms with Crippen molar-refractivity contribution in [3.63, 3.8) is 0 Å². The van der Waals surface area contributed by atoms with Crippen LogP contribution in [-0.2, 0) is 30.9 Å². The van der Waals surface area contributed by atoms with Gasteiger partial charge in [-0.25, -0.2) is 0 Å². The quantitative estimate of drug-likeness (QED) is 0.429. The number of carbonyl (C=O) groups is 1. The van der Waals surface area contributed by atoms with Gasteiger partial charge in [-0.2, -0.15) is 18.3 Å². The molecule has 0 fully saturated rings. The summed E-state index contributed by atoms with van der Waals surface area (Å²) < 4.78 is 45.8. The molecule has 4 aromatic rings. The van der Waals surface area contributed by atoms with Crippen molar-refractivity contribution in [2.75, 3.05) is 6.61 Å². The predicted molar refractivity (Wildman–Crippen MR) is 112 cm³/mol. The van der Waals surface area contributed by atoms with E-state index in [9.17, 15) is 18.0 Å². The Morgan fingerprint density at radius 2 is 1.91 bits per heavy atom. The highest BCUT2D eigenvalue weighted by Gasteiger charge is 2.30. The number of nitrogens with one attached hydrogen (secondary N) is 1. The van der Waals surface area contributed by atoms with Gasteiger partial charge in [-0.1, -0.05) is 12.1 Å². The van der Waals surface area contributed by atoms with Crippen molar-refractivity contribution in [2.24, 2.45) is 7.05 Å². The first-order chi connectivity index (χ1) is 15.2. The van der Waals surface area contributed by atoms with E-state index in [1.54, 1.807) is 24.0 Å². The number of aromatic nitrogens is 3. The molecule has 0 unspecified atom stereocenters. The van der Waals surface area contributed by atoms with Gasteiger partial charge >= 0.3 is 12.1 Å². The van der Waals surface area contributed by atoms with Gasteiger partial charge in [0.1, 0.15) is 5.75 Å². The minimum atomic E-state index is -4.37. The van der Waals surface area contributed by atoms with Crippen molar-refractivity contribution in [1.29, 1.82) is 0 Å². The Kier molecular flexibility index (Phi) is 5.65. The number of carboxylic acid groups (broad SMARTS) is 1. The summed E-state index contributed by atoms with van der Waals surface area (Å²) in [6, 6.07) is 12.2. The van der Waals surface area contributed by atoms with Gasteiger partial charge in [-0.15, -0.1) is 0 Å². The fourth-order valence-corrected chi connectivity index (χ4v) is 3.55. The molecule has 0 bridgehead atoms. The number of fused-ring (bicyclic) bond motifs is 1. The van der Waals surface area contributed by atoms with E-state index in [1.165, 1.54) is 12.1 Å². The molecule has 6 nitrogen and oxygen atoms in total. The second-order valence-corrected chi connectivity index (χ2v) is 7.41. The molecular weight excluding hydrogens is 423 g/mol. The van der Waals surface area contributed by atoms with Crippen molar-refractivity contribution in [2.45, 2.75) is 19.0 Å². The van der Waals surface area contributed by atoms with Crippen molar-refractivity contribution in [3.05, 3.63) is 71.5 Å². The van der Waals surface area contributed by atoms with Crippen LogP contribution in [0.3, 0.4) is 0 Å². The summed E-state index contributed by atoms with van der Waals surface area (Å²) in [5.74, 6) is -0.246. The van der Waals surface area contributed by atoms with Crippen LogP contribution in [0.4, 0.5) is 13.2 Å². The standard InChI is InChI=1S/C23H20F3N3O3/c1-29-17(11-20(28-29)14-2-4-16(5-3-14)23(24,25)26)8-9-32-18-6-7-19-15(10-22(30)31)13-27-21(19)12-18/h2-7,11-13,27H,8-10H2,1H3,(H,30,31). The van der Waals surface area contributed by atoms with Gasteiger partial charge in [0.05, 0.1) is 24.3 Å². The van der Waals surface area contributed by atoms with Gasteiger partial charge in [-0.3, -0.25) is 9.48 Å². The molecule has 0 aliphatic carbocycles. The maximum absolute atomic E-state index is 12.7. The number of hydrogen-bond acceptors (Lipinski definition) is 3. The number of aliphatic carboxylic acids is 1. The van der Waals surface area contributed by atoms with E-state index in [1.807, 2.05) is 18.2 Å². The Morgan fingerprint density at radius 1 is 1.16 bits per heavy atom. The molecule has 166 valence electrons. The van der Waals surface area contributed by atoms with Crippen molar-refractivity contribution >= 4 is 16.9 Å². The van der Waals surface area contributed by atoms with Gasteiger partial charge in [-0.05, 0) is 35.9 Å². The van der Waals surface area contributed by atoms with Gasteiger partial charge in [0, 0.05) is 47.9 Å². The summed E-state index contributed by atoms with van der Waals surface area (Å²) >= 11 is 0. The van der Waals surface area contributed by atoms with E-state index >= 15 is 0 Å². The highest BCUT2D eigenvalue weighted by molar-refractivity contribution is 5.87. The van der Waals surface area contributed by atoms with E-state index < -0.39 is 17.7 Å². The summed E-state index contributed by atoms with van der Waals surface area (Å²) in [5.41, 5.74) is 2.89. The maximum atomic E-state index is 12.7. The summed E-state index contributed by atoms with van der Waals surface area (Å²) in [4.78, 5) is 14.0. The molecule has 2 heterocycles. The third-order valence-electron chi connectivity index (χ3n) is 5.19. The van der Waals surface area contributed by atoms with Gasteiger partial charge in [0.15, 0.2) is 0 Å². The first kappa shape index (κ1) is 21.5. The molecule has 32 heavy (non-hydrogen) atoms. The number of aromatic amines is 1. The molecule has 2 aromatic carbocycles. The summed E-state index contributed by atoms with van der Waals surface area (Å²) in [6.45, 7) is 0.375. The molecule has 2 aromatic heterocycles. The fourth-order valence-electron chi connectivity index (χ4n) is 3.55. The molecule has 0 radical (unpaired) electrons. The van der Waals surface area contributed by atoms with Crippen LogP contribution in [0.15, 0.2) is 54.7 Å². The number of hydrogen-bond donors (Lipinski definition) is 2. The third kappa shape index (κ3) is 4.61. The zero-order chi connectivity index (χ0) is 22.9. The lowest BCUT2D eigenvalue weighted by atomic mass is 10.1. The fraction of sp³-hybridized carbons (Fsp3) is 0.217. The second-order valence-electron chi connectivity index (χ2n) is 7.41. The minimum absolute atomic E-state index is 0.0536. The smallest absolute Gasteiger partial charge is 0.416 e. The summed E-state index contributed by atoms with van der Waals surface area (Å²) in [6.07, 6.45) is -2.19.